The first-order valence-electron chi connectivity index (χ1n) is 6.17. The Labute approximate surface area is 115 Å². The number of hydrogen-bond donors (Lipinski definition) is 1. The molecule has 2 aromatic carbocycles. The smallest absolute Gasteiger partial charge is 0.335 e. The number of ether oxygens (including phenoxy) is 1. The van der Waals surface area contributed by atoms with Crippen LogP contribution >= 0.6 is 0 Å². The molecule has 0 amide bonds. The van der Waals surface area contributed by atoms with Gasteiger partial charge in [-0.05, 0) is 34.9 Å². The number of fused-ring (bicyclic) bond motifs is 3. The van der Waals surface area contributed by atoms with Crippen molar-refractivity contribution in [1.82, 2.24) is 0 Å². The van der Waals surface area contributed by atoms with Gasteiger partial charge in [-0.3, -0.25) is 0 Å². The quantitative estimate of drug-likeness (QED) is 0.860. The van der Waals surface area contributed by atoms with Crippen molar-refractivity contribution in [1.29, 1.82) is 5.26 Å². The maximum absolute atomic E-state index is 11.0. The second kappa shape index (κ2) is 4.80. The molecule has 0 unspecified atom stereocenters. The highest BCUT2D eigenvalue weighted by Gasteiger charge is 2.18. The van der Waals surface area contributed by atoms with Gasteiger partial charge in [0.05, 0.1) is 30.4 Å². The Balaban J connectivity index is 2.23. The third kappa shape index (κ3) is 1.94. The molecular formula is C16H11NO3. The van der Waals surface area contributed by atoms with Crippen LogP contribution in [0.25, 0.3) is 11.1 Å². The van der Waals surface area contributed by atoms with Crippen LogP contribution in [0.2, 0.25) is 0 Å². The minimum absolute atomic E-state index is 0.243. The first-order valence-corrected chi connectivity index (χ1v) is 6.17. The molecule has 0 atom stereocenters. The second-order valence-corrected chi connectivity index (χ2v) is 4.61. The van der Waals surface area contributed by atoms with E-state index in [1.165, 1.54) is 0 Å². The molecule has 0 saturated carbocycles. The van der Waals surface area contributed by atoms with Crippen LogP contribution in [0.3, 0.4) is 0 Å². The highest BCUT2D eigenvalue weighted by Crippen LogP contribution is 2.33. The minimum atomic E-state index is -0.956. The summed E-state index contributed by atoms with van der Waals surface area (Å²) in [6, 6.07) is 12.7. The third-order valence-electron chi connectivity index (χ3n) is 3.44. The molecule has 4 nitrogen and oxygen atoms in total. The van der Waals surface area contributed by atoms with Crippen molar-refractivity contribution in [3.05, 3.63) is 58.7 Å². The van der Waals surface area contributed by atoms with Crippen LogP contribution in [-0.2, 0) is 18.0 Å². The van der Waals surface area contributed by atoms with E-state index in [-0.39, 0.29) is 5.56 Å². The summed E-state index contributed by atoms with van der Waals surface area (Å²) in [5.74, 6) is -0.956. The monoisotopic (exact) mass is 265 g/mol. The Hall–Kier alpha value is -2.64. The summed E-state index contributed by atoms with van der Waals surface area (Å²) < 4.78 is 5.58. The van der Waals surface area contributed by atoms with Crippen molar-refractivity contribution in [3.63, 3.8) is 0 Å². The topological polar surface area (TPSA) is 70.3 Å². The molecule has 0 spiro atoms. The van der Waals surface area contributed by atoms with Crippen LogP contribution in [0.15, 0.2) is 36.4 Å². The fourth-order valence-corrected chi connectivity index (χ4v) is 2.47. The second-order valence-electron chi connectivity index (χ2n) is 4.61. The molecule has 98 valence electrons. The molecular weight excluding hydrogens is 254 g/mol. The Morgan fingerprint density at radius 2 is 2.05 bits per heavy atom. The highest BCUT2D eigenvalue weighted by molar-refractivity contribution is 5.89. The first kappa shape index (κ1) is 12.4. The van der Waals surface area contributed by atoms with E-state index in [1.807, 2.05) is 12.1 Å². The van der Waals surface area contributed by atoms with Gasteiger partial charge in [0, 0.05) is 5.56 Å². The molecule has 1 aliphatic heterocycles. The molecule has 0 fully saturated rings. The van der Waals surface area contributed by atoms with Gasteiger partial charge in [-0.2, -0.15) is 5.26 Å². The number of nitrogens with zero attached hydrogens (tertiary/aromatic N) is 1. The van der Waals surface area contributed by atoms with Crippen LogP contribution in [0.5, 0.6) is 0 Å². The van der Waals surface area contributed by atoms with Gasteiger partial charge in [-0.25, -0.2) is 4.79 Å². The van der Waals surface area contributed by atoms with Crippen molar-refractivity contribution in [2.75, 3.05) is 0 Å². The Morgan fingerprint density at radius 1 is 1.20 bits per heavy atom. The standard InChI is InChI=1S/C16H11NO3/c17-7-11-2-1-3-14-13-5-4-10(16(18)19)6-12(13)8-20-9-15(11)14/h1-6H,8-9H2,(H,18,19). The number of rotatable bonds is 1. The zero-order valence-electron chi connectivity index (χ0n) is 10.6. The third-order valence-corrected chi connectivity index (χ3v) is 3.44. The molecule has 1 heterocycles. The predicted molar refractivity (Wildman–Crippen MR) is 72.0 cm³/mol. The average molecular weight is 265 g/mol. The molecule has 0 radical (unpaired) electrons. The summed E-state index contributed by atoms with van der Waals surface area (Å²) in [6.45, 7) is 0.701. The van der Waals surface area contributed by atoms with Crippen molar-refractivity contribution in [3.8, 4) is 17.2 Å². The minimum Gasteiger partial charge on any atom is -0.478 e. The molecule has 3 rings (SSSR count). The van der Waals surface area contributed by atoms with Gasteiger partial charge >= 0.3 is 5.97 Å². The predicted octanol–water partition coefficient (Wildman–Crippen LogP) is 2.95. The number of benzene rings is 2. The number of carboxylic acids is 1. The number of nitriles is 1. The van der Waals surface area contributed by atoms with Crippen molar-refractivity contribution in [2.45, 2.75) is 13.2 Å². The summed E-state index contributed by atoms with van der Waals surface area (Å²) in [5.41, 5.74) is 4.40. The molecule has 2 aromatic rings. The lowest BCUT2D eigenvalue weighted by Gasteiger charge is -2.09. The van der Waals surface area contributed by atoms with Gasteiger partial charge in [0.1, 0.15) is 0 Å². The van der Waals surface area contributed by atoms with Crippen LogP contribution in [0, 0.1) is 11.3 Å². The maximum Gasteiger partial charge on any atom is 0.335 e. The zero-order valence-corrected chi connectivity index (χ0v) is 10.6. The van der Waals surface area contributed by atoms with E-state index in [4.69, 9.17) is 15.1 Å². The number of hydrogen-bond acceptors (Lipinski definition) is 3. The average Bonchev–Trinajstić information content (AvgIpc) is 2.65. The summed E-state index contributed by atoms with van der Waals surface area (Å²) in [5, 5.41) is 18.2. The summed E-state index contributed by atoms with van der Waals surface area (Å²) in [6.07, 6.45) is 0. The van der Waals surface area contributed by atoms with Gasteiger partial charge in [-0.15, -0.1) is 0 Å². The van der Waals surface area contributed by atoms with Crippen molar-refractivity contribution >= 4 is 5.97 Å². The van der Waals surface area contributed by atoms with Gasteiger partial charge in [0.25, 0.3) is 0 Å². The first-order chi connectivity index (χ1) is 9.70. The molecule has 0 aromatic heterocycles. The van der Waals surface area contributed by atoms with E-state index in [0.29, 0.717) is 18.8 Å². The van der Waals surface area contributed by atoms with Crippen LogP contribution in [0.1, 0.15) is 27.0 Å². The van der Waals surface area contributed by atoms with E-state index >= 15 is 0 Å². The van der Waals surface area contributed by atoms with Crippen LogP contribution in [0.4, 0.5) is 0 Å². The van der Waals surface area contributed by atoms with E-state index in [0.717, 1.165) is 22.3 Å². The Kier molecular flexibility index (Phi) is 2.97. The molecule has 1 N–H and O–H groups in total. The van der Waals surface area contributed by atoms with Gasteiger partial charge in [-0.1, -0.05) is 18.2 Å². The van der Waals surface area contributed by atoms with Gasteiger partial charge in [0.2, 0.25) is 0 Å². The summed E-state index contributed by atoms with van der Waals surface area (Å²) in [4.78, 5) is 11.0. The maximum atomic E-state index is 11.0. The fourth-order valence-electron chi connectivity index (χ4n) is 2.47. The summed E-state index contributed by atoms with van der Waals surface area (Å²) >= 11 is 0. The highest BCUT2D eigenvalue weighted by atomic mass is 16.5. The molecule has 0 saturated heterocycles. The number of carbonyl (C=O) groups is 1. The zero-order chi connectivity index (χ0) is 14.1. The molecule has 0 aliphatic carbocycles. The largest absolute Gasteiger partial charge is 0.478 e. The fraction of sp³-hybridized carbons (Fsp3) is 0.125. The van der Waals surface area contributed by atoms with Crippen molar-refractivity contribution < 1.29 is 14.6 Å². The normalized spacial score (nSPS) is 12.8. The number of aromatic carboxylic acids is 1. The lowest BCUT2D eigenvalue weighted by Crippen LogP contribution is -1.99. The van der Waals surface area contributed by atoms with Gasteiger partial charge < -0.3 is 9.84 Å². The van der Waals surface area contributed by atoms with Crippen LogP contribution < -0.4 is 0 Å². The van der Waals surface area contributed by atoms with Crippen LogP contribution in [-0.4, -0.2) is 11.1 Å². The Morgan fingerprint density at radius 3 is 2.80 bits per heavy atom. The SMILES string of the molecule is N#Cc1cccc2c1COCc1cc(C(=O)O)ccc1-2. The Bertz CT molecular complexity index is 744. The number of carboxylic acid groups (broad SMARTS) is 1. The lowest BCUT2D eigenvalue weighted by atomic mass is 9.93. The van der Waals surface area contributed by atoms with E-state index in [2.05, 4.69) is 6.07 Å². The van der Waals surface area contributed by atoms with Gasteiger partial charge in [0.15, 0.2) is 0 Å². The van der Waals surface area contributed by atoms with Crippen molar-refractivity contribution in [2.24, 2.45) is 0 Å². The lowest BCUT2D eigenvalue weighted by molar-refractivity contribution is 0.0696. The molecule has 0 bridgehead atoms. The molecule has 20 heavy (non-hydrogen) atoms. The summed E-state index contributed by atoms with van der Waals surface area (Å²) in [7, 11) is 0. The molecule has 4 heteroatoms. The van der Waals surface area contributed by atoms with E-state index < -0.39 is 5.97 Å². The molecule has 1 aliphatic rings. The van der Waals surface area contributed by atoms with E-state index in [1.54, 1.807) is 24.3 Å². The van der Waals surface area contributed by atoms with E-state index in [9.17, 15) is 4.79 Å².